The number of rotatable bonds is 1. The fraction of sp³-hybridized carbons (Fsp3) is 0.533. The van der Waals surface area contributed by atoms with Crippen molar-refractivity contribution in [1.29, 1.82) is 0 Å². The number of ketones is 1. The van der Waals surface area contributed by atoms with Crippen LogP contribution in [0.2, 0.25) is 0 Å². The number of likely N-dealkylation sites (N-methyl/N-ethyl adjacent to an activating group) is 1. The maximum atomic E-state index is 12.4. The number of methoxy groups -OCH3 is 1. The first-order chi connectivity index (χ1) is 9.12. The summed E-state index contributed by atoms with van der Waals surface area (Å²) in [6.07, 6.45) is 2.50. The van der Waals surface area contributed by atoms with E-state index < -0.39 is 0 Å². The maximum absolute atomic E-state index is 12.4. The maximum Gasteiger partial charge on any atom is 0.170 e. The Morgan fingerprint density at radius 2 is 2.26 bits per heavy atom. The van der Waals surface area contributed by atoms with Crippen LogP contribution in [0.25, 0.3) is 0 Å². The van der Waals surface area contributed by atoms with Crippen LogP contribution in [0.5, 0.6) is 11.5 Å². The van der Waals surface area contributed by atoms with E-state index in [-0.39, 0.29) is 11.4 Å². The third-order valence-corrected chi connectivity index (χ3v) is 4.03. The van der Waals surface area contributed by atoms with E-state index in [0.29, 0.717) is 23.5 Å². The molecule has 1 aromatic carbocycles. The molecule has 102 valence electrons. The molecule has 3 rings (SSSR count). The quantitative estimate of drug-likeness (QED) is 0.776. The van der Waals surface area contributed by atoms with Crippen LogP contribution in [0, 0.1) is 0 Å². The normalized spacial score (nSPS) is 26.9. The Bertz CT molecular complexity index is 514. The van der Waals surface area contributed by atoms with Crippen LogP contribution in [0.4, 0.5) is 0 Å². The monoisotopic (exact) mass is 261 g/mol. The molecule has 2 heterocycles. The highest BCUT2D eigenvalue weighted by Crippen LogP contribution is 2.39. The summed E-state index contributed by atoms with van der Waals surface area (Å²) < 4.78 is 11.3. The molecule has 4 heteroatoms. The van der Waals surface area contributed by atoms with Crippen molar-refractivity contribution in [3.63, 3.8) is 0 Å². The SMILES string of the molecule is COc1ccc2c(c1)C(=O)CC1(CCCN(C)C1)O2. The van der Waals surface area contributed by atoms with Gasteiger partial charge in [0.2, 0.25) is 0 Å². The molecule has 0 bridgehead atoms. The molecule has 2 aliphatic rings. The largest absolute Gasteiger partial charge is 0.497 e. The lowest BCUT2D eigenvalue weighted by molar-refractivity contribution is -0.0105. The van der Waals surface area contributed by atoms with Crippen LogP contribution in [0.15, 0.2) is 18.2 Å². The minimum atomic E-state index is -0.328. The first kappa shape index (κ1) is 12.5. The van der Waals surface area contributed by atoms with Gasteiger partial charge in [0.25, 0.3) is 0 Å². The van der Waals surface area contributed by atoms with Gasteiger partial charge in [-0.1, -0.05) is 0 Å². The Labute approximate surface area is 113 Å². The molecule has 1 spiro atoms. The topological polar surface area (TPSA) is 38.8 Å². The molecule has 4 nitrogen and oxygen atoms in total. The van der Waals surface area contributed by atoms with Crippen molar-refractivity contribution in [2.45, 2.75) is 24.9 Å². The fourth-order valence-electron chi connectivity index (χ4n) is 3.15. The van der Waals surface area contributed by atoms with Crippen LogP contribution in [-0.2, 0) is 0 Å². The van der Waals surface area contributed by atoms with Crippen molar-refractivity contribution in [3.05, 3.63) is 23.8 Å². The molecule has 0 aromatic heterocycles. The molecular weight excluding hydrogens is 242 g/mol. The average Bonchev–Trinajstić information content (AvgIpc) is 2.38. The predicted octanol–water partition coefficient (Wildman–Crippen LogP) is 2.12. The summed E-state index contributed by atoms with van der Waals surface area (Å²) in [6, 6.07) is 5.47. The Morgan fingerprint density at radius 1 is 1.42 bits per heavy atom. The highest BCUT2D eigenvalue weighted by molar-refractivity contribution is 6.00. The van der Waals surface area contributed by atoms with Gasteiger partial charge in [0.05, 0.1) is 19.1 Å². The zero-order valence-electron chi connectivity index (χ0n) is 11.4. The van der Waals surface area contributed by atoms with E-state index in [9.17, 15) is 4.79 Å². The van der Waals surface area contributed by atoms with Crippen molar-refractivity contribution >= 4 is 5.78 Å². The first-order valence-corrected chi connectivity index (χ1v) is 6.71. The van der Waals surface area contributed by atoms with Gasteiger partial charge >= 0.3 is 0 Å². The van der Waals surface area contributed by atoms with Gasteiger partial charge in [0.1, 0.15) is 17.1 Å². The molecule has 0 N–H and O–H groups in total. The summed E-state index contributed by atoms with van der Waals surface area (Å²) >= 11 is 0. The Balaban J connectivity index is 1.94. The van der Waals surface area contributed by atoms with E-state index in [0.717, 1.165) is 25.9 Å². The number of carbonyl (C=O) groups excluding carboxylic acids is 1. The number of benzene rings is 1. The number of ether oxygens (including phenoxy) is 2. The smallest absolute Gasteiger partial charge is 0.170 e. The van der Waals surface area contributed by atoms with Crippen LogP contribution in [0.3, 0.4) is 0 Å². The van der Waals surface area contributed by atoms with E-state index in [1.807, 2.05) is 12.1 Å². The number of fused-ring (bicyclic) bond motifs is 1. The third kappa shape index (κ3) is 2.21. The Hall–Kier alpha value is -1.55. The summed E-state index contributed by atoms with van der Waals surface area (Å²) in [7, 11) is 3.69. The second kappa shape index (κ2) is 4.53. The molecule has 19 heavy (non-hydrogen) atoms. The summed E-state index contributed by atoms with van der Waals surface area (Å²) in [4.78, 5) is 14.6. The van der Waals surface area contributed by atoms with Gasteiger partial charge in [-0.15, -0.1) is 0 Å². The van der Waals surface area contributed by atoms with E-state index in [2.05, 4.69) is 11.9 Å². The molecule has 0 aliphatic carbocycles. The van der Waals surface area contributed by atoms with Gasteiger partial charge in [0.15, 0.2) is 5.78 Å². The van der Waals surface area contributed by atoms with Crippen LogP contribution in [-0.4, -0.2) is 43.5 Å². The molecule has 0 amide bonds. The first-order valence-electron chi connectivity index (χ1n) is 6.71. The summed E-state index contributed by atoms with van der Waals surface area (Å²) in [5.41, 5.74) is 0.323. The van der Waals surface area contributed by atoms with Crippen molar-refractivity contribution in [2.75, 3.05) is 27.2 Å². The number of nitrogens with zero attached hydrogens (tertiary/aromatic N) is 1. The fourth-order valence-corrected chi connectivity index (χ4v) is 3.15. The lowest BCUT2D eigenvalue weighted by atomic mass is 9.83. The lowest BCUT2D eigenvalue weighted by Gasteiger charge is -2.43. The molecule has 1 atom stereocenters. The third-order valence-electron chi connectivity index (χ3n) is 4.03. The van der Waals surface area contributed by atoms with Crippen molar-refractivity contribution < 1.29 is 14.3 Å². The van der Waals surface area contributed by atoms with Crippen molar-refractivity contribution in [2.24, 2.45) is 0 Å². The molecule has 2 aliphatic heterocycles. The molecule has 0 saturated carbocycles. The summed E-state index contributed by atoms with van der Waals surface area (Å²) in [5, 5.41) is 0. The zero-order valence-corrected chi connectivity index (χ0v) is 11.4. The number of hydrogen-bond acceptors (Lipinski definition) is 4. The molecule has 0 radical (unpaired) electrons. The number of hydrogen-bond donors (Lipinski definition) is 0. The average molecular weight is 261 g/mol. The summed E-state index contributed by atoms with van der Waals surface area (Å²) in [5.74, 6) is 1.57. The Kier molecular flexibility index (Phi) is 2.97. The van der Waals surface area contributed by atoms with Gasteiger partial charge in [-0.2, -0.15) is 0 Å². The van der Waals surface area contributed by atoms with E-state index in [1.54, 1.807) is 13.2 Å². The van der Waals surface area contributed by atoms with E-state index in [1.165, 1.54) is 0 Å². The number of Topliss-reactive ketones (excluding diaryl/α,β-unsaturated/α-hetero) is 1. The number of piperidine rings is 1. The van der Waals surface area contributed by atoms with Gasteiger partial charge in [-0.05, 0) is 44.6 Å². The molecule has 1 aromatic rings. The lowest BCUT2D eigenvalue weighted by Crippen LogP contribution is -2.53. The standard InChI is InChI=1S/C15H19NO3/c1-16-7-3-6-15(10-16)9-13(17)12-8-11(18-2)4-5-14(12)19-15/h4-5,8H,3,6-7,9-10H2,1-2H3. The zero-order chi connectivity index (χ0) is 13.5. The summed E-state index contributed by atoms with van der Waals surface area (Å²) in [6.45, 7) is 1.90. The van der Waals surface area contributed by atoms with Gasteiger partial charge in [0, 0.05) is 6.54 Å². The van der Waals surface area contributed by atoms with E-state index >= 15 is 0 Å². The van der Waals surface area contributed by atoms with Crippen molar-refractivity contribution in [1.82, 2.24) is 4.90 Å². The Morgan fingerprint density at radius 3 is 3.00 bits per heavy atom. The minimum absolute atomic E-state index is 0.162. The van der Waals surface area contributed by atoms with Crippen LogP contribution >= 0.6 is 0 Å². The minimum Gasteiger partial charge on any atom is -0.497 e. The van der Waals surface area contributed by atoms with Gasteiger partial charge in [-0.3, -0.25) is 4.79 Å². The van der Waals surface area contributed by atoms with Crippen molar-refractivity contribution in [3.8, 4) is 11.5 Å². The number of carbonyl (C=O) groups is 1. The van der Waals surface area contributed by atoms with Gasteiger partial charge in [-0.25, -0.2) is 0 Å². The molecule has 1 unspecified atom stereocenters. The van der Waals surface area contributed by atoms with E-state index in [4.69, 9.17) is 9.47 Å². The second-order valence-corrected chi connectivity index (χ2v) is 5.59. The van der Waals surface area contributed by atoms with Crippen LogP contribution in [0.1, 0.15) is 29.6 Å². The molecule has 1 fully saturated rings. The number of likely N-dealkylation sites (tertiary alicyclic amines) is 1. The van der Waals surface area contributed by atoms with Gasteiger partial charge < -0.3 is 14.4 Å². The molecule has 1 saturated heterocycles. The predicted molar refractivity (Wildman–Crippen MR) is 72.0 cm³/mol. The van der Waals surface area contributed by atoms with Crippen LogP contribution < -0.4 is 9.47 Å². The molecular formula is C15H19NO3. The highest BCUT2D eigenvalue weighted by Gasteiger charge is 2.42. The second-order valence-electron chi connectivity index (χ2n) is 5.59. The highest BCUT2D eigenvalue weighted by atomic mass is 16.5.